The quantitative estimate of drug-likeness (QED) is 0.672. The molecule has 0 saturated carbocycles. The van der Waals surface area contributed by atoms with Crippen molar-refractivity contribution >= 4 is 5.91 Å². The van der Waals surface area contributed by atoms with Crippen molar-refractivity contribution in [3.05, 3.63) is 0 Å². The van der Waals surface area contributed by atoms with Crippen molar-refractivity contribution in [2.45, 2.75) is 39.7 Å². The zero-order valence-electron chi connectivity index (χ0n) is 8.63. The molecule has 0 aromatic carbocycles. The van der Waals surface area contributed by atoms with Gasteiger partial charge in [0.1, 0.15) is 0 Å². The van der Waals surface area contributed by atoms with Crippen LogP contribution in [0.5, 0.6) is 0 Å². The Morgan fingerprint density at radius 1 is 1.54 bits per heavy atom. The van der Waals surface area contributed by atoms with Gasteiger partial charge in [-0.05, 0) is 17.8 Å². The van der Waals surface area contributed by atoms with Crippen LogP contribution in [-0.2, 0) is 4.79 Å². The highest BCUT2D eigenvalue weighted by atomic mass is 16.3. The number of aliphatic hydroxyl groups excluding tert-OH is 1. The molecular formula is C10H19NO2. The second-order valence-electron chi connectivity index (χ2n) is 4.86. The van der Waals surface area contributed by atoms with Crippen LogP contribution < -0.4 is 5.32 Å². The predicted octanol–water partition coefficient (Wildman–Crippen LogP) is 0.920. The molecule has 1 aliphatic heterocycles. The lowest BCUT2D eigenvalue weighted by Gasteiger charge is -2.30. The minimum atomic E-state index is 0.123. The van der Waals surface area contributed by atoms with Crippen LogP contribution in [0.2, 0.25) is 0 Å². The maximum absolute atomic E-state index is 11.2. The SMILES string of the molecule is CC(C)(C)C1CC(=O)NC1CCO. The van der Waals surface area contributed by atoms with E-state index in [9.17, 15) is 4.79 Å². The van der Waals surface area contributed by atoms with E-state index in [1.54, 1.807) is 0 Å². The maximum atomic E-state index is 11.2. The lowest BCUT2D eigenvalue weighted by molar-refractivity contribution is -0.119. The molecule has 1 rings (SSSR count). The second-order valence-corrected chi connectivity index (χ2v) is 4.86. The fourth-order valence-corrected chi connectivity index (χ4v) is 2.03. The van der Waals surface area contributed by atoms with Crippen molar-refractivity contribution in [1.29, 1.82) is 0 Å². The van der Waals surface area contributed by atoms with Crippen molar-refractivity contribution in [3.8, 4) is 0 Å². The fourth-order valence-electron chi connectivity index (χ4n) is 2.03. The number of nitrogens with one attached hydrogen (secondary N) is 1. The van der Waals surface area contributed by atoms with E-state index in [0.717, 1.165) is 0 Å². The third-order valence-electron chi connectivity index (χ3n) is 2.79. The summed E-state index contributed by atoms with van der Waals surface area (Å²) in [4.78, 5) is 11.2. The number of rotatable bonds is 2. The molecule has 76 valence electrons. The molecule has 3 heteroatoms. The van der Waals surface area contributed by atoms with Gasteiger partial charge in [0.05, 0.1) is 0 Å². The summed E-state index contributed by atoms with van der Waals surface area (Å²) in [6, 6.07) is 0.164. The second kappa shape index (κ2) is 3.66. The average molecular weight is 185 g/mol. The van der Waals surface area contributed by atoms with Gasteiger partial charge in [0, 0.05) is 19.1 Å². The molecule has 0 bridgehead atoms. The van der Waals surface area contributed by atoms with Crippen LogP contribution in [0.1, 0.15) is 33.6 Å². The molecule has 2 atom stereocenters. The van der Waals surface area contributed by atoms with Crippen LogP contribution in [0.3, 0.4) is 0 Å². The van der Waals surface area contributed by atoms with Crippen molar-refractivity contribution in [2.75, 3.05) is 6.61 Å². The number of amides is 1. The highest BCUT2D eigenvalue weighted by molar-refractivity contribution is 5.79. The molecule has 0 aromatic heterocycles. The van der Waals surface area contributed by atoms with E-state index in [2.05, 4.69) is 26.1 Å². The van der Waals surface area contributed by atoms with Crippen molar-refractivity contribution in [2.24, 2.45) is 11.3 Å². The van der Waals surface area contributed by atoms with Gasteiger partial charge in [-0.15, -0.1) is 0 Å². The minimum Gasteiger partial charge on any atom is -0.396 e. The Bertz CT molecular complexity index is 196. The standard InChI is InChI=1S/C10H19NO2/c1-10(2,3)7-6-9(13)11-8(7)4-5-12/h7-8,12H,4-6H2,1-3H3,(H,11,13). The highest BCUT2D eigenvalue weighted by Crippen LogP contribution is 2.35. The molecule has 13 heavy (non-hydrogen) atoms. The van der Waals surface area contributed by atoms with Gasteiger partial charge >= 0.3 is 0 Å². The van der Waals surface area contributed by atoms with Gasteiger partial charge in [-0.25, -0.2) is 0 Å². The first-order valence-electron chi connectivity index (χ1n) is 4.85. The normalized spacial score (nSPS) is 29.1. The van der Waals surface area contributed by atoms with E-state index >= 15 is 0 Å². The maximum Gasteiger partial charge on any atom is 0.220 e. The Labute approximate surface area is 79.5 Å². The highest BCUT2D eigenvalue weighted by Gasteiger charge is 2.39. The largest absolute Gasteiger partial charge is 0.396 e. The molecule has 0 spiro atoms. The van der Waals surface area contributed by atoms with E-state index < -0.39 is 0 Å². The van der Waals surface area contributed by atoms with E-state index in [1.165, 1.54) is 0 Å². The lowest BCUT2D eigenvalue weighted by Crippen LogP contribution is -2.35. The predicted molar refractivity (Wildman–Crippen MR) is 51.2 cm³/mol. The number of hydrogen-bond donors (Lipinski definition) is 2. The summed E-state index contributed by atoms with van der Waals surface area (Å²) in [5.74, 6) is 0.477. The number of carbonyl (C=O) groups is 1. The molecule has 2 N–H and O–H groups in total. The summed E-state index contributed by atoms with van der Waals surface area (Å²) in [5.41, 5.74) is 0.138. The molecule has 1 saturated heterocycles. The Hall–Kier alpha value is -0.570. The van der Waals surface area contributed by atoms with E-state index in [4.69, 9.17) is 5.11 Å². The van der Waals surface area contributed by atoms with Crippen LogP contribution in [0, 0.1) is 11.3 Å². The summed E-state index contributed by atoms with van der Waals surface area (Å²) in [7, 11) is 0. The van der Waals surface area contributed by atoms with Gasteiger partial charge in [-0.1, -0.05) is 20.8 Å². The Balaban J connectivity index is 2.66. The topological polar surface area (TPSA) is 49.3 Å². The molecular weight excluding hydrogens is 166 g/mol. The molecule has 2 unspecified atom stereocenters. The van der Waals surface area contributed by atoms with Crippen molar-refractivity contribution in [1.82, 2.24) is 5.32 Å². The van der Waals surface area contributed by atoms with Crippen LogP contribution in [-0.4, -0.2) is 23.7 Å². The Kier molecular flexibility index (Phi) is 2.96. The lowest BCUT2D eigenvalue weighted by atomic mass is 9.75. The smallest absolute Gasteiger partial charge is 0.220 e. The van der Waals surface area contributed by atoms with Gasteiger partial charge in [0.25, 0.3) is 0 Å². The van der Waals surface area contributed by atoms with Gasteiger partial charge in [-0.3, -0.25) is 4.79 Å². The first kappa shape index (κ1) is 10.5. The fraction of sp³-hybridized carbons (Fsp3) is 0.900. The summed E-state index contributed by atoms with van der Waals surface area (Å²) in [6.07, 6.45) is 1.28. The summed E-state index contributed by atoms with van der Waals surface area (Å²) in [6.45, 7) is 6.57. The monoisotopic (exact) mass is 185 g/mol. The first-order valence-corrected chi connectivity index (χ1v) is 4.85. The molecule has 0 aliphatic carbocycles. The van der Waals surface area contributed by atoms with Gasteiger partial charge < -0.3 is 10.4 Å². The van der Waals surface area contributed by atoms with Crippen LogP contribution >= 0.6 is 0 Å². The van der Waals surface area contributed by atoms with E-state index in [0.29, 0.717) is 18.8 Å². The van der Waals surface area contributed by atoms with Crippen LogP contribution in [0.4, 0.5) is 0 Å². The summed E-state index contributed by atoms with van der Waals surface area (Å²) >= 11 is 0. The number of aliphatic hydroxyl groups is 1. The van der Waals surface area contributed by atoms with E-state index in [1.807, 2.05) is 0 Å². The minimum absolute atomic E-state index is 0.123. The third kappa shape index (κ3) is 2.44. The van der Waals surface area contributed by atoms with Gasteiger partial charge in [0.2, 0.25) is 5.91 Å². The number of carbonyl (C=O) groups excluding carboxylic acids is 1. The molecule has 3 nitrogen and oxygen atoms in total. The van der Waals surface area contributed by atoms with Crippen molar-refractivity contribution < 1.29 is 9.90 Å². The van der Waals surface area contributed by atoms with E-state index in [-0.39, 0.29) is 24.0 Å². The Morgan fingerprint density at radius 3 is 2.62 bits per heavy atom. The zero-order chi connectivity index (χ0) is 10.1. The van der Waals surface area contributed by atoms with Gasteiger partial charge in [-0.2, -0.15) is 0 Å². The zero-order valence-corrected chi connectivity index (χ0v) is 8.63. The third-order valence-corrected chi connectivity index (χ3v) is 2.79. The molecule has 1 aliphatic rings. The summed E-state index contributed by atoms with van der Waals surface area (Å²) in [5, 5.41) is 11.8. The number of hydrogen-bond acceptors (Lipinski definition) is 2. The molecule has 1 amide bonds. The van der Waals surface area contributed by atoms with Gasteiger partial charge in [0.15, 0.2) is 0 Å². The molecule has 1 fully saturated rings. The first-order chi connectivity index (χ1) is 5.95. The average Bonchev–Trinajstić information content (AvgIpc) is 2.30. The molecule has 1 heterocycles. The summed E-state index contributed by atoms with van der Waals surface area (Å²) < 4.78 is 0. The van der Waals surface area contributed by atoms with Crippen LogP contribution in [0.15, 0.2) is 0 Å². The van der Waals surface area contributed by atoms with Crippen molar-refractivity contribution in [3.63, 3.8) is 0 Å². The molecule has 0 aromatic rings. The molecule has 0 radical (unpaired) electrons. The van der Waals surface area contributed by atoms with Crippen LogP contribution in [0.25, 0.3) is 0 Å². The Morgan fingerprint density at radius 2 is 2.15 bits per heavy atom.